The third-order valence-electron chi connectivity index (χ3n) is 4.48. The van der Waals surface area contributed by atoms with Crippen LogP contribution in [-0.2, 0) is 6.42 Å². The Hall–Kier alpha value is -1.09. The van der Waals surface area contributed by atoms with Crippen LogP contribution in [0.5, 0.6) is 0 Å². The Bertz CT molecular complexity index is 382. The van der Waals surface area contributed by atoms with Crippen LogP contribution in [-0.4, -0.2) is 24.6 Å². The molecule has 3 heteroatoms. The van der Waals surface area contributed by atoms with E-state index in [0.29, 0.717) is 0 Å². The smallest absolute Gasteiger partial charge is 0.128 e. The summed E-state index contributed by atoms with van der Waals surface area (Å²) in [6, 6.07) is 4.57. The molecule has 0 aliphatic heterocycles. The van der Waals surface area contributed by atoms with E-state index in [1.54, 1.807) is 0 Å². The second-order valence-electron chi connectivity index (χ2n) is 6.28. The van der Waals surface area contributed by atoms with Crippen molar-refractivity contribution in [3.05, 3.63) is 23.9 Å². The maximum atomic E-state index is 5.99. The second kappa shape index (κ2) is 7.63. The van der Waals surface area contributed by atoms with Crippen LogP contribution in [0, 0.1) is 5.92 Å². The van der Waals surface area contributed by atoms with E-state index >= 15 is 0 Å². The van der Waals surface area contributed by atoms with Gasteiger partial charge < -0.3 is 10.6 Å². The maximum absolute atomic E-state index is 5.99. The monoisotopic (exact) mass is 275 g/mol. The molecule has 112 valence electrons. The lowest BCUT2D eigenvalue weighted by molar-refractivity contribution is 0.361. The van der Waals surface area contributed by atoms with Crippen molar-refractivity contribution in [3.63, 3.8) is 0 Å². The van der Waals surface area contributed by atoms with Gasteiger partial charge in [-0.3, -0.25) is 0 Å². The summed E-state index contributed by atoms with van der Waals surface area (Å²) in [5, 5.41) is 0. The molecule has 1 aromatic rings. The van der Waals surface area contributed by atoms with E-state index in [9.17, 15) is 0 Å². The van der Waals surface area contributed by atoms with E-state index in [4.69, 9.17) is 5.73 Å². The van der Waals surface area contributed by atoms with Gasteiger partial charge in [0, 0.05) is 25.8 Å². The molecule has 0 bridgehead atoms. The van der Waals surface area contributed by atoms with E-state index in [0.717, 1.165) is 31.1 Å². The average molecular weight is 275 g/mol. The molecule has 0 saturated heterocycles. The molecule has 1 unspecified atom stereocenters. The van der Waals surface area contributed by atoms with Gasteiger partial charge in [-0.15, -0.1) is 0 Å². The van der Waals surface area contributed by atoms with E-state index in [2.05, 4.69) is 36.0 Å². The first-order chi connectivity index (χ1) is 9.69. The van der Waals surface area contributed by atoms with Crippen LogP contribution in [0.3, 0.4) is 0 Å². The molecule has 3 nitrogen and oxygen atoms in total. The van der Waals surface area contributed by atoms with Gasteiger partial charge in [-0.05, 0) is 43.2 Å². The highest BCUT2D eigenvalue weighted by Crippen LogP contribution is 2.25. The van der Waals surface area contributed by atoms with E-state index in [-0.39, 0.29) is 6.04 Å². The van der Waals surface area contributed by atoms with Gasteiger partial charge in [-0.2, -0.15) is 0 Å². The molecular formula is C17H29N3. The zero-order chi connectivity index (χ0) is 14.4. The van der Waals surface area contributed by atoms with Gasteiger partial charge in [0.2, 0.25) is 0 Å². The first-order valence-corrected chi connectivity index (χ1v) is 8.10. The predicted molar refractivity (Wildman–Crippen MR) is 86.1 cm³/mol. The van der Waals surface area contributed by atoms with Crippen molar-refractivity contribution in [2.45, 2.75) is 57.9 Å². The lowest BCUT2D eigenvalue weighted by Gasteiger charge is -2.27. The fourth-order valence-corrected chi connectivity index (χ4v) is 3.06. The van der Waals surface area contributed by atoms with Crippen molar-refractivity contribution in [2.75, 3.05) is 18.5 Å². The molecule has 1 aliphatic rings. The van der Waals surface area contributed by atoms with Gasteiger partial charge >= 0.3 is 0 Å². The van der Waals surface area contributed by atoms with Gasteiger partial charge in [0.05, 0.1) is 0 Å². The zero-order valence-corrected chi connectivity index (χ0v) is 13.0. The summed E-state index contributed by atoms with van der Waals surface area (Å²) in [4.78, 5) is 6.91. The van der Waals surface area contributed by atoms with Crippen molar-refractivity contribution in [2.24, 2.45) is 11.7 Å². The Kier molecular flexibility index (Phi) is 5.84. The highest BCUT2D eigenvalue weighted by atomic mass is 15.2. The fraction of sp³-hybridized carbons (Fsp3) is 0.706. The summed E-state index contributed by atoms with van der Waals surface area (Å²) in [6.45, 7) is 3.27. The number of nitrogens with zero attached hydrogens (tertiary/aromatic N) is 2. The van der Waals surface area contributed by atoms with Crippen LogP contribution in [0.2, 0.25) is 0 Å². The number of rotatable bonds is 6. The molecular weight excluding hydrogens is 246 g/mol. The molecule has 1 fully saturated rings. The third kappa shape index (κ3) is 4.48. The van der Waals surface area contributed by atoms with Gasteiger partial charge in [-0.25, -0.2) is 4.98 Å². The fourth-order valence-electron chi connectivity index (χ4n) is 3.06. The Morgan fingerprint density at radius 1 is 1.30 bits per heavy atom. The van der Waals surface area contributed by atoms with Crippen molar-refractivity contribution >= 4 is 5.82 Å². The molecule has 0 radical (unpaired) electrons. The first kappa shape index (κ1) is 15.3. The average Bonchev–Trinajstić information content (AvgIpc) is 2.49. The van der Waals surface area contributed by atoms with E-state index in [1.807, 2.05) is 6.20 Å². The summed E-state index contributed by atoms with van der Waals surface area (Å²) < 4.78 is 0. The molecule has 1 atom stereocenters. The molecule has 0 spiro atoms. The van der Waals surface area contributed by atoms with Crippen molar-refractivity contribution in [1.29, 1.82) is 0 Å². The van der Waals surface area contributed by atoms with Crippen LogP contribution < -0.4 is 10.6 Å². The predicted octanol–water partition coefficient (Wildman–Crippen LogP) is 3.38. The van der Waals surface area contributed by atoms with Gasteiger partial charge in [-0.1, -0.05) is 32.3 Å². The molecule has 1 heterocycles. The molecule has 1 saturated carbocycles. The topological polar surface area (TPSA) is 42.1 Å². The number of hydrogen-bond donors (Lipinski definition) is 1. The minimum absolute atomic E-state index is 0.252. The standard InChI is InChI=1S/C17H29N3/c1-3-16(18)11-15-9-10-17(19-12-15)20(2)13-14-7-5-4-6-8-14/h9-10,12,14,16H,3-8,11,13,18H2,1-2H3. The zero-order valence-electron chi connectivity index (χ0n) is 13.0. The van der Waals surface area contributed by atoms with Gasteiger partial charge in [0.15, 0.2) is 0 Å². The highest BCUT2D eigenvalue weighted by Gasteiger charge is 2.16. The lowest BCUT2D eigenvalue weighted by atomic mass is 9.89. The largest absolute Gasteiger partial charge is 0.359 e. The first-order valence-electron chi connectivity index (χ1n) is 8.10. The Morgan fingerprint density at radius 3 is 2.65 bits per heavy atom. The molecule has 0 amide bonds. The molecule has 1 aliphatic carbocycles. The quantitative estimate of drug-likeness (QED) is 0.865. The van der Waals surface area contributed by atoms with Gasteiger partial charge in [0.1, 0.15) is 5.82 Å². The van der Waals surface area contributed by atoms with E-state index in [1.165, 1.54) is 37.7 Å². The number of aromatic nitrogens is 1. The molecule has 0 aromatic carbocycles. The maximum Gasteiger partial charge on any atom is 0.128 e. The summed E-state index contributed by atoms with van der Waals surface area (Å²) >= 11 is 0. The van der Waals surface area contributed by atoms with Crippen molar-refractivity contribution in [1.82, 2.24) is 4.98 Å². The van der Waals surface area contributed by atoms with Crippen LogP contribution in [0.1, 0.15) is 51.0 Å². The SMILES string of the molecule is CCC(N)Cc1ccc(N(C)CC2CCCCC2)nc1. The molecule has 2 rings (SSSR count). The summed E-state index contributed by atoms with van der Waals surface area (Å²) in [5.41, 5.74) is 7.23. The Balaban J connectivity index is 1.87. The molecule has 1 aromatic heterocycles. The lowest BCUT2D eigenvalue weighted by Crippen LogP contribution is -2.27. The Morgan fingerprint density at radius 2 is 2.05 bits per heavy atom. The second-order valence-corrected chi connectivity index (χ2v) is 6.28. The number of anilines is 1. The van der Waals surface area contributed by atoms with Crippen molar-refractivity contribution in [3.8, 4) is 0 Å². The van der Waals surface area contributed by atoms with Crippen LogP contribution in [0.25, 0.3) is 0 Å². The van der Waals surface area contributed by atoms with Crippen LogP contribution in [0.15, 0.2) is 18.3 Å². The molecule has 2 N–H and O–H groups in total. The highest BCUT2D eigenvalue weighted by molar-refractivity contribution is 5.38. The number of pyridine rings is 1. The van der Waals surface area contributed by atoms with Crippen LogP contribution >= 0.6 is 0 Å². The Labute approximate surface area is 123 Å². The normalized spacial score (nSPS) is 17.9. The summed E-state index contributed by atoms with van der Waals surface area (Å²) in [5.74, 6) is 1.94. The van der Waals surface area contributed by atoms with Gasteiger partial charge in [0.25, 0.3) is 0 Å². The number of nitrogens with two attached hydrogens (primary N) is 1. The third-order valence-corrected chi connectivity index (χ3v) is 4.48. The summed E-state index contributed by atoms with van der Waals surface area (Å²) in [6.07, 6.45) is 10.9. The van der Waals surface area contributed by atoms with Crippen molar-refractivity contribution < 1.29 is 0 Å². The minimum atomic E-state index is 0.252. The van der Waals surface area contributed by atoms with E-state index < -0.39 is 0 Å². The summed E-state index contributed by atoms with van der Waals surface area (Å²) in [7, 11) is 2.16. The van der Waals surface area contributed by atoms with Crippen LogP contribution in [0.4, 0.5) is 5.82 Å². The number of hydrogen-bond acceptors (Lipinski definition) is 3. The molecule has 20 heavy (non-hydrogen) atoms. The minimum Gasteiger partial charge on any atom is -0.359 e.